The molecule has 3 fully saturated rings. The molecule has 1 aromatic heterocycles. The lowest BCUT2D eigenvalue weighted by atomic mass is 9.76. The zero-order valence-electron chi connectivity index (χ0n) is 15.3. The van der Waals surface area contributed by atoms with Crippen molar-refractivity contribution in [2.24, 2.45) is 11.8 Å². The molecule has 6 nitrogen and oxygen atoms in total. The smallest absolute Gasteiger partial charge is 0.230 e. The molecule has 2 saturated heterocycles. The van der Waals surface area contributed by atoms with Crippen LogP contribution >= 0.6 is 0 Å². The summed E-state index contributed by atoms with van der Waals surface area (Å²) in [5, 5.41) is 3.21. The second kappa shape index (κ2) is 6.44. The normalized spacial score (nSPS) is 34.9. The molecule has 2 bridgehead atoms. The summed E-state index contributed by atoms with van der Waals surface area (Å²) in [6.07, 6.45) is 12.9. The standard InChI is InChI=1S/C21H25N3O3/c25-19(23-15-6-2-1-3-7-15)17-16-8-9-21(27-16)13-24(20(26)18(17)21)12-14-5-4-10-22-11-14/h4-5,8-11,15-18H,1-3,6-7,12-13H2,(H,23,25). The van der Waals surface area contributed by atoms with Crippen molar-refractivity contribution in [2.45, 2.75) is 56.4 Å². The van der Waals surface area contributed by atoms with Gasteiger partial charge >= 0.3 is 0 Å². The van der Waals surface area contributed by atoms with E-state index in [1.54, 1.807) is 12.4 Å². The molecule has 1 spiro atoms. The van der Waals surface area contributed by atoms with Crippen LogP contribution < -0.4 is 5.32 Å². The first-order chi connectivity index (χ1) is 13.2. The molecule has 3 aliphatic heterocycles. The molecular formula is C21H25N3O3. The van der Waals surface area contributed by atoms with Gasteiger partial charge in [0.05, 0.1) is 24.5 Å². The van der Waals surface area contributed by atoms with Gasteiger partial charge in [0.1, 0.15) is 5.60 Å². The molecule has 1 aromatic rings. The largest absolute Gasteiger partial charge is 0.360 e. The van der Waals surface area contributed by atoms with E-state index in [2.05, 4.69) is 10.3 Å². The molecule has 4 heterocycles. The lowest BCUT2D eigenvalue weighted by Gasteiger charge is -2.28. The van der Waals surface area contributed by atoms with Crippen molar-refractivity contribution in [2.75, 3.05) is 6.54 Å². The van der Waals surface area contributed by atoms with E-state index in [0.717, 1.165) is 18.4 Å². The quantitative estimate of drug-likeness (QED) is 0.824. The molecule has 5 rings (SSSR count). The van der Waals surface area contributed by atoms with Gasteiger partial charge in [0.15, 0.2) is 0 Å². The molecule has 4 unspecified atom stereocenters. The number of nitrogens with zero attached hydrogens (tertiary/aromatic N) is 2. The molecule has 4 atom stereocenters. The van der Waals surface area contributed by atoms with E-state index in [1.165, 1.54) is 19.3 Å². The highest BCUT2D eigenvalue weighted by Gasteiger charge is 2.66. The molecule has 0 radical (unpaired) electrons. The van der Waals surface area contributed by atoms with E-state index in [-0.39, 0.29) is 24.0 Å². The van der Waals surface area contributed by atoms with E-state index in [9.17, 15) is 9.59 Å². The number of hydrogen-bond donors (Lipinski definition) is 1. The average molecular weight is 367 g/mol. The predicted molar refractivity (Wildman–Crippen MR) is 98.4 cm³/mol. The first kappa shape index (κ1) is 16.9. The van der Waals surface area contributed by atoms with Gasteiger partial charge in [-0.2, -0.15) is 0 Å². The van der Waals surface area contributed by atoms with Crippen molar-refractivity contribution in [3.8, 4) is 0 Å². The topological polar surface area (TPSA) is 71.5 Å². The zero-order valence-corrected chi connectivity index (χ0v) is 15.3. The average Bonchev–Trinajstić information content (AvgIpc) is 3.32. The van der Waals surface area contributed by atoms with E-state index in [0.29, 0.717) is 13.1 Å². The number of carbonyl (C=O) groups excluding carboxylic acids is 2. The first-order valence-electron chi connectivity index (χ1n) is 10.0. The highest BCUT2D eigenvalue weighted by molar-refractivity contribution is 5.93. The fourth-order valence-electron chi connectivity index (χ4n) is 5.27. The number of pyridine rings is 1. The van der Waals surface area contributed by atoms with Gasteiger partial charge in [-0.25, -0.2) is 0 Å². The highest BCUT2D eigenvalue weighted by Crippen LogP contribution is 2.52. The summed E-state index contributed by atoms with van der Waals surface area (Å²) in [4.78, 5) is 32.2. The Hall–Kier alpha value is -2.21. The van der Waals surface area contributed by atoms with Gasteiger partial charge in [-0.15, -0.1) is 0 Å². The van der Waals surface area contributed by atoms with Crippen LogP contribution in [0.5, 0.6) is 0 Å². The predicted octanol–water partition coefficient (Wildman–Crippen LogP) is 1.81. The maximum Gasteiger partial charge on any atom is 0.230 e. The second-order valence-corrected chi connectivity index (χ2v) is 8.30. The van der Waals surface area contributed by atoms with Crippen molar-refractivity contribution in [3.05, 3.63) is 42.2 Å². The lowest BCUT2D eigenvalue weighted by molar-refractivity contribution is -0.138. The molecule has 27 heavy (non-hydrogen) atoms. The number of carbonyl (C=O) groups is 2. The van der Waals surface area contributed by atoms with Gasteiger partial charge in [-0.05, 0) is 24.5 Å². The van der Waals surface area contributed by atoms with Crippen LogP contribution in [0.3, 0.4) is 0 Å². The van der Waals surface area contributed by atoms with Crippen LogP contribution in [0.2, 0.25) is 0 Å². The Morgan fingerprint density at radius 3 is 2.96 bits per heavy atom. The Morgan fingerprint density at radius 1 is 1.33 bits per heavy atom. The van der Waals surface area contributed by atoms with Crippen molar-refractivity contribution < 1.29 is 14.3 Å². The molecule has 4 aliphatic rings. The maximum atomic E-state index is 13.2. The Bertz CT molecular complexity index is 774. The van der Waals surface area contributed by atoms with E-state index in [4.69, 9.17) is 4.74 Å². The Morgan fingerprint density at radius 2 is 2.19 bits per heavy atom. The molecule has 0 aromatic carbocycles. The molecule has 1 saturated carbocycles. The summed E-state index contributed by atoms with van der Waals surface area (Å²) in [5.74, 6) is -0.815. The summed E-state index contributed by atoms with van der Waals surface area (Å²) >= 11 is 0. The minimum absolute atomic E-state index is 0.0142. The monoisotopic (exact) mass is 367 g/mol. The maximum absolute atomic E-state index is 13.2. The minimum atomic E-state index is -0.640. The van der Waals surface area contributed by atoms with Gasteiger partial charge in [0.25, 0.3) is 0 Å². The van der Waals surface area contributed by atoms with Gasteiger partial charge in [0, 0.05) is 25.0 Å². The first-order valence-corrected chi connectivity index (χ1v) is 10.0. The van der Waals surface area contributed by atoms with E-state index in [1.807, 2.05) is 29.2 Å². The van der Waals surface area contributed by atoms with Gasteiger partial charge in [-0.3, -0.25) is 14.6 Å². The molecule has 1 N–H and O–H groups in total. The number of amides is 2. The van der Waals surface area contributed by atoms with Gasteiger partial charge in [-0.1, -0.05) is 37.5 Å². The summed E-state index contributed by atoms with van der Waals surface area (Å²) in [5.41, 5.74) is 0.349. The van der Waals surface area contributed by atoms with Gasteiger partial charge < -0.3 is 15.0 Å². The number of nitrogens with one attached hydrogen (secondary N) is 1. The van der Waals surface area contributed by atoms with E-state index >= 15 is 0 Å². The number of ether oxygens (including phenoxy) is 1. The molecule has 2 amide bonds. The number of hydrogen-bond acceptors (Lipinski definition) is 4. The third-order valence-corrected chi connectivity index (χ3v) is 6.53. The van der Waals surface area contributed by atoms with Crippen LogP contribution in [-0.2, 0) is 20.9 Å². The Labute approximate surface area is 159 Å². The van der Waals surface area contributed by atoms with Gasteiger partial charge in [0.2, 0.25) is 11.8 Å². The molecule has 1 aliphatic carbocycles. The third-order valence-electron chi connectivity index (χ3n) is 6.53. The number of aromatic nitrogens is 1. The van der Waals surface area contributed by atoms with Crippen molar-refractivity contribution in [1.82, 2.24) is 15.2 Å². The lowest BCUT2D eigenvalue weighted by Crippen LogP contribution is -2.47. The van der Waals surface area contributed by atoms with Crippen LogP contribution in [0.1, 0.15) is 37.7 Å². The van der Waals surface area contributed by atoms with Crippen molar-refractivity contribution in [3.63, 3.8) is 0 Å². The fourth-order valence-corrected chi connectivity index (χ4v) is 5.27. The number of rotatable bonds is 4. The summed E-state index contributed by atoms with van der Waals surface area (Å²) in [6.45, 7) is 1.01. The third kappa shape index (κ3) is 2.78. The van der Waals surface area contributed by atoms with Crippen molar-refractivity contribution >= 4 is 11.8 Å². The van der Waals surface area contributed by atoms with Crippen LogP contribution in [0.25, 0.3) is 0 Å². The fraction of sp³-hybridized carbons (Fsp3) is 0.571. The van der Waals surface area contributed by atoms with Crippen LogP contribution in [0.15, 0.2) is 36.7 Å². The number of likely N-dealkylation sites (tertiary alicyclic amines) is 1. The second-order valence-electron chi connectivity index (χ2n) is 8.30. The molecule has 142 valence electrons. The van der Waals surface area contributed by atoms with Crippen LogP contribution in [-0.4, -0.2) is 46.0 Å². The van der Waals surface area contributed by atoms with Crippen LogP contribution in [0.4, 0.5) is 0 Å². The zero-order chi connectivity index (χ0) is 18.4. The molecular weight excluding hydrogens is 342 g/mol. The minimum Gasteiger partial charge on any atom is -0.360 e. The SMILES string of the molecule is O=C(NC1CCCCC1)C1C2C=CC3(CN(Cc4cccnc4)C(=O)C13)O2. The van der Waals surface area contributed by atoms with E-state index < -0.39 is 17.4 Å². The molecule has 6 heteroatoms. The Balaban J connectivity index is 1.34. The number of fused-ring (bicyclic) bond motifs is 1. The highest BCUT2D eigenvalue weighted by atomic mass is 16.5. The van der Waals surface area contributed by atoms with Crippen LogP contribution in [0, 0.1) is 11.8 Å². The summed E-state index contributed by atoms with van der Waals surface area (Å²) < 4.78 is 6.20. The summed E-state index contributed by atoms with van der Waals surface area (Å²) in [7, 11) is 0. The van der Waals surface area contributed by atoms with Crippen molar-refractivity contribution in [1.29, 1.82) is 0 Å². The summed E-state index contributed by atoms with van der Waals surface area (Å²) in [6, 6.07) is 4.08. The Kier molecular flexibility index (Phi) is 4.04.